The van der Waals surface area contributed by atoms with Crippen LogP contribution in [0.25, 0.3) is 11.5 Å². The number of rotatable bonds is 4. The highest BCUT2D eigenvalue weighted by Gasteiger charge is 2.21. The van der Waals surface area contributed by atoms with Crippen molar-refractivity contribution < 1.29 is 14.3 Å². The highest BCUT2D eigenvalue weighted by atomic mass is 16.3. The number of aliphatic hydroxyl groups is 1. The predicted molar refractivity (Wildman–Crippen MR) is 95.5 cm³/mol. The van der Waals surface area contributed by atoms with Crippen LogP contribution in [0.2, 0.25) is 0 Å². The van der Waals surface area contributed by atoms with E-state index in [4.69, 9.17) is 9.52 Å². The molecule has 1 aliphatic rings. The lowest BCUT2D eigenvalue weighted by Crippen LogP contribution is -2.50. The van der Waals surface area contributed by atoms with Crippen LogP contribution in [0.4, 0.5) is 10.5 Å². The van der Waals surface area contributed by atoms with Crippen molar-refractivity contribution in [1.29, 1.82) is 0 Å². The zero-order chi connectivity index (χ0) is 17.8. The number of oxazole rings is 1. The van der Waals surface area contributed by atoms with E-state index < -0.39 is 0 Å². The Morgan fingerprint density at radius 3 is 2.68 bits per heavy atom. The third-order valence-electron chi connectivity index (χ3n) is 4.42. The molecule has 7 nitrogen and oxygen atoms in total. The van der Waals surface area contributed by atoms with E-state index in [1.54, 1.807) is 11.2 Å². The van der Waals surface area contributed by atoms with E-state index in [9.17, 15) is 4.79 Å². The van der Waals surface area contributed by atoms with Gasteiger partial charge in [-0.25, -0.2) is 9.78 Å². The number of hydrogen-bond donors (Lipinski definition) is 2. The SMILES string of the molecule is Cc1coc(-c2ccc(C)c(NC(=O)N3CCN(CCO)CC3)c2)n1. The standard InChI is InChI=1S/C18H24N4O3/c1-13-3-4-15(17-19-14(2)12-25-17)11-16(13)20-18(24)22-7-5-21(6-8-22)9-10-23/h3-4,11-12,23H,5-10H2,1-2H3,(H,20,24). The highest BCUT2D eigenvalue weighted by molar-refractivity contribution is 5.91. The van der Waals surface area contributed by atoms with Crippen LogP contribution in [0.1, 0.15) is 11.3 Å². The molecular formula is C18H24N4O3. The summed E-state index contributed by atoms with van der Waals surface area (Å²) in [5, 5.41) is 12.0. The van der Waals surface area contributed by atoms with Crippen LogP contribution in [0.5, 0.6) is 0 Å². The number of benzene rings is 1. The molecular weight excluding hydrogens is 320 g/mol. The van der Waals surface area contributed by atoms with Gasteiger partial charge >= 0.3 is 6.03 Å². The van der Waals surface area contributed by atoms with Gasteiger partial charge in [0, 0.05) is 44.0 Å². The maximum Gasteiger partial charge on any atom is 0.321 e. The molecule has 2 amide bonds. The number of aliphatic hydroxyl groups excluding tert-OH is 1. The van der Waals surface area contributed by atoms with Crippen molar-refractivity contribution in [1.82, 2.24) is 14.8 Å². The second-order valence-corrected chi connectivity index (χ2v) is 6.31. The largest absolute Gasteiger partial charge is 0.444 e. The fourth-order valence-corrected chi connectivity index (χ4v) is 2.89. The molecule has 0 aliphatic carbocycles. The van der Waals surface area contributed by atoms with Crippen molar-refractivity contribution >= 4 is 11.7 Å². The van der Waals surface area contributed by atoms with E-state index in [-0.39, 0.29) is 12.6 Å². The van der Waals surface area contributed by atoms with E-state index >= 15 is 0 Å². The Morgan fingerprint density at radius 1 is 1.28 bits per heavy atom. The van der Waals surface area contributed by atoms with Crippen LogP contribution >= 0.6 is 0 Å². The molecule has 134 valence electrons. The molecule has 1 aromatic heterocycles. The second-order valence-electron chi connectivity index (χ2n) is 6.31. The van der Waals surface area contributed by atoms with Crippen molar-refractivity contribution in [3.05, 3.63) is 35.7 Å². The van der Waals surface area contributed by atoms with Gasteiger partial charge in [0.05, 0.1) is 12.3 Å². The number of nitrogens with one attached hydrogen (secondary N) is 1. The first-order valence-corrected chi connectivity index (χ1v) is 8.49. The fraction of sp³-hybridized carbons (Fsp3) is 0.444. The summed E-state index contributed by atoms with van der Waals surface area (Å²) in [6.07, 6.45) is 1.61. The van der Waals surface area contributed by atoms with E-state index in [1.807, 2.05) is 32.0 Å². The van der Waals surface area contributed by atoms with Crippen LogP contribution in [0.15, 0.2) is 28.9 Å². The molecule has 0 radical (unpaired) electrons. The van der Waals surface area contributed by atoms with Crippen LogP contribution in [0, 0.1) is 13.8 Å². The summed E-state index contributed by atoms with van der Waals surface area (Å²) in [5.74, 6) is 0.547. The van der Waals surface area contributed by atoms with Gasteiger partial charge in [0.25, 0.3) is 0 Å². The average Bonchev–Trinajstić information content (AvgIpc) is 3.04. The molecule has 1 aliphatic heterocycles. The summed E-state index contributed by atoms with van der Waals surface area (Å²) >= 11 is 0. The summed E-state index contributed by atoms with van der Waals surface area (Å²) < 4.78 is 5.44. The second kappa shape index (κ2) is 7.67. The first kappa shape index (κ1) is 17.4. The normalized spacial score (nSPS) is 15.4. The van der Waals surface area contributed by atoms with Gasteiger partial charge in [-0.1, -0.05) is 6.07 Å². The van der Waals surface area contributed by atoms with E-state index in [0.717, 1.165) is 35.6 Å². The number of piperazine rings is 1. The minimum Gasteiger partial charge on any atom is -0.444 e. The number of aromatic nitrogens is 1. The third kappa shape index (κ3) is 4.18. The average molecular weight is 344 g/mol. The quantitative estimate of drug-likeness (QED) is 0.888. The minimum absolute atomic E-state index is 0.104. The van der Waals surface area contributed by atoms with Gasteiger partial charge in [-0.15, -0.1) is 0 Å². The Hall–Kier alpha value is -2.38. The number of anilines is 1. The van der Waals surface area contributed by atoms with Gasteiger partial charge in [-0.2, -0.15) is 0 Å². The Balaban J connectivity index is 1.67. The number of hydrogen-bond acceptors (Lipinski definition) is 5. The number of carbonyl (C=O) groups excluding carboxylic acids is 1. The van der Waals surface area contributed by atoms with Gasteiger partial charge in [-0.3, -0.25) is 4.90 Å². The number of carbonyl (C=O) groups is 1. The summed E-state index contributed by atoms with van der Waals surface area (Å²) in [7, 11) is 0. The van der Waals surface area contributed by atoms with E-state index in [2.05, 4.69) is 15.2 Å². The molecule has 0 atom stereocenters. The van der Waals surface area contributed by atoms with Gasteiger partial charge in [0.15, 0.2) is 0 Å². The van der Waals surface area contributed by atoms with Crippen LogP contribution in [-0.2, 0) is 0 Å². The maximum atomic E-state index is 12.5. The lowest BCUT2D eigenvalue weighted by atomic mass is 10.1. The minimum atomic E-state index is -0.104. The summed E-state index contributed by atoms with van der Waals surface area (Å²) in [5.41, 5.74) is 3.40. The maximum absolute atomic E-state index is 12.5. The molecule has 1 fully saturated rings. The fourth-order valence-electron chi connectivity index (χ4n) is 2.89. The molecule has 0 saturated carbocycles. The highest BCUT2D eigenvalue weighted by Crippen LogP contribution is 2.25. The molecule has 1 aromatic carbocycles. The Bertz CT molecular complexity index is 736. The Morgan fingerprint density at radius 2 is 2.04 bits per heavy atom. The van der Waals surface area contributed by atoms with Crippen molar-refractivity contribution in [2.75, 3.05) is 44.6 Å². The first-order valence-electron chi connectivity index (χ1n) is 8.49. The molecule has 0 unspecified atom stereocenters. The topological polar surface area (TPSA) is 81.8 Å². The molecule has 3 rings (SSSR count). The number of amides is 2. The number of β-amino-alcohol motifs (C(OH)–C–C–N with tert-alkyl or cyclic N) is 1. The van der Waals surface area contributed by atoms with Crippen molar-refractivity contribution in [3.63, 3.8) is 0 Å². The summed E-state index contributed by atoms with van der Waals surface area (Å²) in [6, 6.07) is 5.67. The van der Waals surface area contributed by atoms with Gasteiger partial charge in [0.1, 0.15) is 6.26 Å². The molecule has 7 heteroatoms. The Labute approximate surface area is 147 Å². The molecule has 0 bridgehead atoms. The zero-order valence-corrected chi connectivity index (χ0v) is 14.7. The summed E-state index contributed by atoms with van der Waals surface area (Å²) in [6.45, 7) is 7.52. The van der Waals surface area contributed by atoms with Crippen molar-refractivity contribution in [2.45, 2.75) is 13.8 Å². The van der Waals surface area contributed by atoms with Crippen LogP contribution in [0.3, 0.4) is 0 Å². The molecule has 25 heavy (non-hydrogen) atoms. The molecule has 1 saturated heterocycles. The molecule has 0 spiro atoms. The lowest BCUT2D eigenvalue weighted by Gasteiger charge is -2.34. The van der Waals surface area contributed by atoms with Crippen molar-refractivity contribution in [2.24, 2.45) is 0 Å². The van der Waals surface area contributed by atoms with Crippen LogP contribution in [-0.4, -0.2) is 65.3 Å². The zero-order valence-electron chi connectivity index (χ0n) is 14.7. The first-order chi connectivity index (χ1) is 12.1. The predicted octanol–water partition coefficient (Wildman–Crippen LogP) is 2.10. The van der Waals surface area contributed by atoms with Gasteiger partial charge in [-0.05, 0) is 31.5 Å². The van der Waals surface area contributed by atoms with Crippen LogP contribution < -0.4 is 5.32 Å². The Kier molecular flexibility index (Phi) is 5.35. The smallest absolute Gasteiger partial charge is 0.321 e. The van der Waals surface area contributed by atoms with Gasteiger partial charge < -0.3 is 19.7 Å². The summed E-state index contributed by atoms with van der Waals surface area (Å²) in [4.78, 5) is 20.8. The number of urea groups is 1. The number of aryl methyl sites for hydroxylation is 2. The van der Waals surface area contributed by atoms with E-state index in [0.29, 0.717) is 25.5 Å². The number of nitrogens with zero attached hydrogens (tertiary/aromatic N) is 3. The molecule has 2 aromatic rings. The monoisotopic (exact) mass is 344 g/mol. The van der Waals surface area contributed by atoms with E-state index in [1.165, 1.54) is 0 Å². The third-order valence-corrected chi connectivity index (χ3v) is 4.42. The lowest BCUT2D eigenvalue weighted by molar-refractivity contribution is 0.127. The molecule has 2 heterocycles. The van der Waals surface area contributed by atoms with Crippen molar-refractivity contribution in [3.8, 4) is 11.5 Å². The van der Waals surface area contributed by atoms with Gasteiger partial charge in [0.2, 0.25) is 5.89 Å². The molecule has 2 N–H and O–H groups in total.